The molecule has 1 fully saturated rings. The van der Waals surface area contributed by atoms with E-state index >= 15 is 0 Å². The highest BCUT2D eigenvalue weighted by molar-refractivity contribution is 5.78. The maximum absolute atomic E-state index is 11.5. The lowest BCUT2D eigenvalue weighted by molar-refractivity contribution is -0.149. The molecule has 1 atom stereocenters. The van der Waals surface area contributed by atoms with Gasteiger partial charge in [0.15, 0.2) is 0 Å². The van der Waals surface area contributed by atoms with Crippen LogP contribution in [0.1, 0.15) is 44.3 Å². The fraction of sp³-hybridized carbons (Fsp3) is 0.769. The smallest absolute Gasteiger partial charge is 0.323 e. The van der Waals surface area contributed by atoms with Gasteiger partial charge in [0.1, 0.15) is 17.2 Å². The first kappa shape index (κ1) is 12.6. The van der Waals surface area contributed by atoms with Gasteiger partial charge in [0.2, 0.25) is 0 Å². The van der Waals surface area contributed by atoms with Crippen LogP contribution in [0.4, 0.5) is 0 Å². The van der Waals surface area contributed by atoms with Crippen molar-refractivity contribution in [3.63, 3.8) is 0 Å². The summed E-state index contributed by atoms with van der Waals surface area (Å²) in [6, 6.07) is 0. The Morgan fingerprint density at radius 3 is 2.95 bits per heavy atom. The summed E-state index contributed by atoms with van der Waals surface area (Å²) in [6.45, 7) is 4.20. The first-order chi connectivity index (χ1) is 9.11. The summed E-state index contributed by atoms with van der Waals surface area (Å²) in [7, 11) is 0. The molecule has 19 heavy (non-hydrogen) atoms. The number of nitrogens with zero attached hydrogens (tertiary/aromatic N) is 4. The van der Waals surface area contributed by atoms with Gasteiger partial charge in [-0.15, -0.1) is 10.2 Å². The molecule has 1 N–H and O–H groups in total. The largest absolute Gasteiger partial charge is 0.480 e. The third-order valence-electron chi connectivity index (χ3n) is 4.52. The van der Waals surface area contributed by atoms with Gasteiger partial charge in [0.05, 0.1) is 6.54 Å². The molecule has 3 heterocycles. The second-order valence-corrected chi connectivity index (χ2v) is 5.75. The van der Waals surface area contributed by atoms with E-state index in [1.54, 1.807) is 0 Å². The van der Waals surface area contributed by atoms with Crippen LogP contribution in [0.5, 0.6) is 0 Å². The fourth-order valence-electron chi connectivity index (χ4n) is 3.17. The number of rotatable bonds is 3. The van der Waals surface area contributed by atoms with Gasteiger partial charge in [-0.2, -0.15) is 0 Å². The van der Waals surface area contributed by atoms with Crippen molar-refractivity contribution < 1.29 is 9.90 Å². The van der Waals surface area contributed by atoms with Crippen LogP contribution in [0.15, 0.2) is 0 Å². The van der Waals surface area contributed by atoms with Crippen molar-refractivity contribution in [3.05, 3.63) is 11.6 Å². The van der Waals surface area contributed by atoms with Gasteiger partial charge in [-0.1, -0.05) is 0 Å². The van der Waals surface area contributed by atoms with Crippen molar-refractivity contribution in [2.45, 2.75) is 57.7 Å². The molecule has 6 nitrogen and oxygen atoms in total. The molecule has 0 bridgehead atoms. The Hall–Kier alpha value is -1.43. The van der Waals surface area contributed by atoms with E-state index in [0.29, 0.717) is 13.0 Å². The molecule has 104 valence electrons. The van der Waals surface area contributed by atoms with E-state index in [4.69, 9.17) is 0 Å². The van der Waals surface area contributed by atoms with Crippen molar-refractivity contribution in [3.8, 4) is 0 Å². The Labute approximate surface area is 112 Å². The third kappa shape index (κ3) is 2.04. The molecule has 3 rings (SSSR count). The number of fused-ring (bicyclic) bond motifs is 1. The maximum Gasteiger partial charge on any atom is 0.323 e. The van der Waals surface area contributed by atoms with Gasteiger partial charge in [-0.05, 0) is 39.2 Å². The normalized spacial score (nSPS) is 27.4. The van der Waals surface area contributed by atoms with Gasteiger partial charge in [-0.3, -0.25) is 9.69 Å². The number of carboxylic acids is 1. The fourth-order valence-corrected chi connectivity index (χ4v) is 3.17. The van der Waals surface area contributed by atoms with Crippen LogP contribution in [0.3, 0.4) is 0 Å². The van der Waals surface area contributed by atoms with E-state index in [-0.39, 0.29) is 0 Å². The van der Waals surface area contributed by atoms with Crippen molar-refractivity contribution in [1.29, 1.82) is 0 Å². The zero-order valence-corrected chi connectivity index (χ0v) is 11.3. The van der Waals surface area contributed by atoms with Gasteiger partial charge < -0.3 is 9.67 Å². The Bertz CT molecular complexity index is 499. The standard InChI is InChI=1S/C13H20N4O2/c1-13(12(18)19)6-4-7-16(13)9-11-15-14-10-5-2-3-8-17(10)11/h2-9H2,1H3,(H,18,19). The molecular weight excluding hydrogens is 244 g/mol. The lowest BCUT2D eigenvalue weighted by Gasteiger charge is -2.30. The lowest BCUT2D eigenvalue weighted by Crippen LogP contribution is -2.47. The Kier molecular flexibility index (Phi) is 3.05. The molecule has 1 saturated heterocycles. The highest BCUT2D eigenvalue weighted by Crippen LogP contribution is 2.30. The molecule has 1 aromatic rings. The van der Waals surface area contributed by atoms with Crippen LogP contribution < -0.4 is 0 Å². The summed E-state index contributed by atoms with van der Waals surface area (Å²) in [5, 5.41) is 17.9. The number of hydrogen-bond donors (Lipinski definition) is 1. The second kappa shape index (κ2) is 4.59. The number of aryl methyl sites for hydroxylation is 1. The van der Waals surface area contributed by atoms with Crippen molar-refractivity contribution in [1.82, 2.24) is 19.7 Å². The number of aliphatic carboxylic acids is 1. The summed E-state index contributed by atoms with van der Waals surface area (Å²) in [5.41, 5.74) is -0.749. The highest BCUT2D eigenvalue weighted by atomic mass is 16.4. The topological polar surface area (TPSA) is 71.2 Å². The predicted octanol–water partition coefficient (Wildman–Crippen LogP) is 1.05. The number of carbonyl (C=O) groups is 1. The Morgan fingerprint density at radius 2 is 2.16 bits per heavy atom. The SMILES string of the molecule is CC1(C(=O)O)CCCN1Cc1nnc2n1CCCC2. The summed E-state index contributed by atoms with van der Waals surface area (Å²) < 4.78 is 2.17. The summed E-state index contributed by atoms with van der Waals surface area (Å²) in [4.78, 5) is 13.5. The van der Waals surface area contributed by atoms with Crippen LogP contribution in [-0.2, 0) is 24.3 Å². The van der Waals surface area contributed by atoms with Gasteiger partial charge in [-0.25, -0.2) is 0 Å². The van der Waals surface area contributed by atoms with E-state index < -0.39 is 11.5 Å². The molecule has 0 saturated carbocycles. The summed E-state index contributed by atoms with van der Waals surface area (Å²) in [5.74, 6) is 1.24. The highest BCUT2D eigenvalue weighted by Gasteiger charge is 2.43. The molecular formula is C13H20N4O2. The molecule has 0 aliphatic carbocycles. The zero-order chi connectivity index (χ0) is 13.5. The van der Waals surface area contributed by atoms with E-state index in [0.717, 1.165) is 44.0 Å². The van der Waals surface area contributed by atoms with E-state index in [9.17, 15) is 9.90 Å². The number of hydrogen-bond acceptors (Lipinski definition) is 4. The predicted molar refractivity (Wildman–Crippen MR) is 68.6 cm³/mol. The number of aromatic nitrogens is 3. The lowest BCUT2D eigenvalue weighted by atomic mass is 9.99. The molecule has 0 aromatic carbocycles. The molecule has 0 radical (unpaired) electrons. The van der Waals surface area contributed by atoms with Crippen molar-refractivity contribution >= 4 is 5.97 Å². The Balaban J connectivity index is 1.81. The number of likely N-dealkylation sites (tertiary alicyclic amines) is 1. The van der Waals surface area contributed by atoms with Gasteiger partial charge >= 0.3 is 5.97 Å². The van der Waals surface area contributed by atoms with E-state index in [1.165, 1.54) is 6.42 Å². The molecule has 6 heteroatoms. The first-order valence-electron chi connectivity index (χ1n) is 7.01. The van der Waals surface area contributed by atoms with Crippen LogP contribution in [-0.4, -0.2) is 42.8 Å². The molecule has 0 amide bonds. The third-order valence-corrected chi connectivity index (χ3v) is 4.52. The first-order valence-corrected chi connectivity index (χ1v) is 7.01. The van der Waals surface area contributed by atoms with E-state index in [1.807, 2.05) is 11.8 Å². The monoisotopic (exact) mass is 264 g/mol. The zero-order valence-electron chi connectivity index (χ0n) is 11.3. The van der Waals surface area contributed by atoms with Crippen LogP contribution in [0.25, 0.3) is 0 Å². The average Bonchev–Trinajstić information content (AvgIpc) is 2.97. The van der Waals surface area contributed by atoms with Crippen molar-refractivity contribution in [2.24, 2.45) is 0 Å². The quantitative estimate of drug-likeness (QED) is 0.883. The molecule has 2 aliphatic rings. The molecule has 1 unspecified atom stereocenters. The molecule has 2 aliphatic heterocycles. The van der Waals surface area contributed by atoms with Crippen LogP contribution in [0.2, 0.25) is 0 Å². The van der Waals surface area contributed by atoms with Gasteiger partial charge in [0, 0.05) is 13.0 Å². The second-order valence-electron chi connectivity index (χ2n) is 5.75. The minimum Gasteiger partial charge on any atom is -0.480 e. The molecule has 0 spiro atoms. The van der Waals surface area contributed by atoms with E-state index in [2.05, 4.69) is 14.8 Å². The average molecular weight is 264 g/mol. The Morgan fingerprint density at radius 1 is 1.32 bits per heavy atom. The maximum atomic E-state index is 11.5. The van der Waals surface area contributed by atoms with Crippen LogP contribution >= 0.6 is 0 Å². The molecule has 1 aromatic heterocycles. The van der Waals surface area contributed by atoms with Crippen LogP contribution in [0, 0.1) is 0 Å². The van der Waals surface area contributed by atoms with Crippen molar-refractivity contribution in [2.75, 3.05) is 6.54 Å². The van der Waals surface area contributed by atoms with Gasteiger partial charge in [0.25, 0.3) is 0 Å². The summed E-state index contributed by atoms with van der Waals surface area (Å²) >= 11 is 0. The minimum atomic E-state index is -0.749. The minimum absolute atomic E-state index is 0.593. The summed E-state index contributed by atoms with van der Waals surface area (Å²) in [6.07, 6.45) is 4.97. The number of carboxylic acid groups (broad SMARTS) is 1.